The summed E-state index contributed by atoms with van der Waals surface area (Å²) < 4.78 is 0. The van der Waals surface area contributed by atoms with Crippen LogP contribution in [0, 0.1) is 0 Å². The van der Waals surface area contributed by atoms with Gasteiger partial charge in [-0.05, 0) is 17.7 Å². The number of aliphatic imine (C=N–C) groups is 1. The zero-order valence-electron chi connectivity index (χ0n) is 12.3. The molecule has 0 atom stereocenters. The molecule has 0 aromatic carbocycles. The Labute approximate surface area is 132 Å². The first-order valence-electron chi connectivity index (χ1n) is 7.31. The van der Waals surface area contributed by atoms with Crippen molar-refractivity contribution in [3.05, 3.63) is 47.2 Å². The van der Waals surface area contributed by atoms with Gasteiger partial charge in [-0.25, -0.2) is 0 Å². The first kappa shape index (κ1) is 16.0. The van der Waals surface area contributed by atoms with Gasteiger partial charge in [-0.1, -0.05) is 30.3 Å². The molecule has 0 saturated carbocycles. The largest absolute Gasteiger partial charge is 0.369 e. The van der Waals surface area contributed by atoms with E-state index in [4.69, 9.17) is 17.3 Å². The molecule has 0 aromatic heterocycles. The first-order chi connectivity index (χ1) is 10.2. The lowest BCUT2D eigenvalue weighted by molar-refractivity contribution is 0.164. The molecule has 0 spiro atoms. The number of hydrogen-bond donors (Lipinski definition) is 1. The van der Waals surface area contributed by atoms with E-state index in [0.29, 0.717) is 11.6 Å². The van der Waals surface area contributed by atoms with Crippen molar-refractivity contribution in [3.8, 4) is 0 Å². The molecule has 0 radical (unpaired) electrons. The van der Waals surface area contributed by atoms with Gasteiger partial charge < -0.3 is 10.6 Å². The summed E-state index contributed by atoms with van der Waals surface area (Å²) in [5.74, 6) is 0. The lowest BCUT2D eigenvalue weighted by atomic mass is 10.1. The Balaban J connectivity index is 2.05. The van der Waals surface area contributed by atoms with Crippen LogP contribution in [0.2, 0.25) is 0 Å². The van der Waals surface area contributed by atoms with Gasteiger partial charge in [0, 0.05) is 56.2 Å². The Morgan fingerprint density at radius 3 is 2.81 bits per heavy atom. The van der Waals surface area contributed by atoms with E-state index in [1.165, 1.54) is 11.3 Å². The highest BCUT2D eigenvalue weighted by Gasteiger charge is 2.20. The summed E-state index contributed by atoms with van der Waals surface area (Å²) in [7, 11) is 0. The number of nitrogens with two attached hydrogens (primary N) is 1. The molecule has 4 nitrogen and oxygen atoms in total. The number of halogens is 1. The van der Waals surface area contributed by atoms with E-state index in [0.717, 1.165) is 39.3 Å². The summed E-state index contributed by atoms with van der Waals surface area (Å²) in [5, 5.41) is 0.643. The Kier molecular flexibility index (Phi) is 6.23. The summed E-state index contributed by atoms with van der Waals surface area (Å²) in [4.78, 5) is 9.16. The van der Waals surface area contributed by atoms with E-state index in [2.05, 4.69) is 27.4 Å². The SMILES string of the molecule is C=C/C(Cl)=C\C=C1/CN=CC=C1N1CCN(CCN)CC1. The minimum atomic E-state index is 0.643. The van der Waals surface area contributed by atoms with Crippen molar-refractivity contribution in [1.82, 2.24) is 9.80 Å². The van der Waals surface area contributed by atoms with Crippen LogP contribution in [-0.4, -0.2) is 61.8 Å². The highest BCUT2D eigenvalue weighted by atomic mass is 35.5. The van der Waals surface area contributed by atoms with Crippen LogP contribution < -0.4 is 5.73 Å². The molecule has 0 aromatic rings. The maximum atomic E-state index is 5.98. The van der Waals surface area contributed by atoms with E-state index in [1.807, 2.05) is 18.4 Å². The van der Waals surface area contributed by atoms with Crippen LogP contribution >= 0.6 is 11.6 Å². The molecule has 0 amide bonds. The molecule has 0 unspecified atom stereocenters. The normalized spacial score (nSPS) is 22.6. The molecule has 0 aliphatic carbocycles. The van der Waals surface area contributed by atoms with Gasteiger partial charge in [-0.2, -0.15) is 0 Å². The Morgan fingerprint density at radius 2 is 2.14 bits per heavy atom. The number of allylic oxidation sites excluding steroid dienone is 5. The third-order valence-corrected chi connectivity index (χ3v) is 4.01. The molecular formula is C16H23ClN4. The van der Waals surface area contributed by atoms with Crippen LogP contribution in [0.1, 0.15) is 0 Å². The smallest absolute Gasteiger partial charge is 0.0660 e. The van der Waals surface area contributed by atoms with Crippen molar-refractivity contribution in [3.63, 3.8) is 0 Å². The van der Waals surface area contributed by atoms with Gasteiger partial charge in [-0.3, -0.25) is 9.89 Å². The Bertz CT molecular complexity index is 483. The topological polar surface area (TPSA) is 44.9 Å². The molecule has 2 heterocycles. The summed E-state index contributed by atoms with van der Waals surface area (Å²) in [6, 6.07) is 0. The van der Waals surface area contributed by atoms with Crippen LogP contribution in [0.3, 0.4) is 0 Å². The molecule has 2 N–H and O–H groups in total. The average Bonchev–Trinajstić information content (AvgIpc) is 2.54. The second-order valence-electron chi connectivity index (χ2n) is 5.11. The number of nitrogens with zero attached hydrogens (tertiary/aromatic N) is 3. The van der Waals surface area contributed by atoms with E-state index in [1.54, 1.807) is 6.08 Å². The molecule has 21 heavy (non-hydrogen) atoms. The highest BCUT2D eigenvalue weighted by Crippen LogP contribution is 2.21. The van der Waals surface area contributed by atoms with E-state index >= 15 is 0 Å². The summed E-state index contributed by atoms with van der Waals surface area (Å²) in [6.07, 6.45) is 9.53. The van der Waals surface area contributed by atoms with Gasteiger partial charge in [0.2, 0.25) is 0 Å². The van der Waals surface area contributed by atoms with Gasteiger partial charge in [0.1, 0.15) is 0 Å². The lowest BCUT2D eigenvalue weighted by Crippen LogP contribution is -2.47. The van der Waals surface area contributed by atoms with Crippen molar-refractivity contribution >= 4 is 17.8 Å². The first-order valence-corrected chi connectivity index (χ1v) is 7.69. The highest BCUT2D eigenvalue weighted by molar-refractivity contribution is 6.31. The number of dihydropyridines is 1. The van der Waals surface area contributed by atoms with Crippen LogP contribution in [0.15, 0.2) is 52.2 Å². The van der Waals surface area contributed by atoms with Gasteiger partial charge in [-0.15, -0.1) is 0 Å². The maximum Gasteiger partial charge on any atom is 0.0660 e. The van der Waals surface area contributed by atoms with Gasteiger partial charge >= 0.3 is 0 Å². The maximum absolute atomic E-state index is 5.98. The van der Waals surface area contributed by atoms with Crippen LogP contribution in [0.4, 0.5) is 0 Å². The van der Waals surface area contributed by atoms with Crippen molar-refractivity contribution in [1.29, 1.82) is 0 Å². The monoisotopic (exact) mass is 306 g/mol. The fourth-order valence-electron chi connectivity index (χ4n) is 2.55. The number of piperazine rings is 1. The summed E-state index contributed by atoms with van der Waals surface area (Å²) in [6.45, 7) is 10.2. The lowest BCUT2D eigenvalue weighted by Gasteiger charge is -2.38. The molecule has 2 aliphatic rings. The minimum absolute atomic E-state index is 0.643. The van der Waals surface area contributed by atoms with Crippen LogP contribution in [0.25, 0.3) is 0 Å². The van der Waals surface area contributed by atoms with E-state index in [9.17, 15) is 0 Å². The second kappa shape index (κ2) is 8.17. The molecule has 5 heteroatoms. The standard InChI is InChI=1S/C16H23ClN4/c1-2-15(17)4-3-14-13-19-7-5-16(14)21-11-9-20(8-6-18)10-12-21/h2-5,7H,1,6,8-13,18H2/b14-3+,15-4+. The minimum Gasteiger partial charge on any atom is -0.369 e. The zero-order chi connectivity index (χ0) is 15.1. The van der Waals surface area contributed by atoms with Crippen molar-refractivity contribution in [2.45, 2.75) is 0 Å². The number of hydrogen-bond acceptors (Lipinski definition) is 4. The zero-order valence-corrected chi connectivity index (χ0v) is 13.1. The molecule has 1 fully saturated rings. The second-order valence-corrected chi connectivity index (χ2v) is 5.54. The van der Waals surface area contributed by atoms with Crippen LogP contribution in [-0.2, 0) is 0 Å². The number of rotatable bonds is 5. The van der Waals surface area contributed by atoms with Gasteiger partial charge in [0.15, 0.2) is 0 Å². The average molecular weight is 307 g/mol. The van der Waals surface area contributed by atoms with E-state index < -0.39 is 0 Å². The van der Waals surface area contributed by atoms with Gasteiger partial charge in [0.25, 0.3) is 0 Å². The molecule has 2 aliphatic heterocycles. The third-order valence-electron chi connectivity index (χ3n) is 3.73. The van der Waals surface area contributed by atoms with Crippen LogP contribution in [0.5, 0.6) is 0 Å². The molecule has 2 rings (SSSR count). The van der Waals surface area contributed by atoms with E-state index in [-0.39, 0.29) is 0 Å². The Hall–Kier alpha value is -1.36. The fourth-order valence-corrected chi connectivity index (χ4v) is 2.62. The Morgan fingerprint density at radius 1 is 1.38 bits per heavy atom. The van der Waals surface area contributed by atoms with Crippen molar-refractivity contribution in [2.24, 2.45) is 10.7 Å². The molecule has 114 valence electrons. The summed E-state index contributed by atoms with van der Waals surface area (Å²) >= 11 is 5.98. The van der Waals surface area contributed by atoms with Crippen molar-refractivity contribution in [2.75, 3.05) is 45.8 Å². The predicted molar refractivity (Wildman–Crippen MR) is 90.7 cm³/mol. The summed E-state index contributed by atoms with van der Waals surface area (Å²) in [5.41, 5.74) is 8.07. The molecular weight excluding hydrogens is 284 g/mol. The van der Waals surface area contributed by atoms with Gasteiger partial charge in [0.05, 0.1) is 6.54 Å². The third kappa shape index (κ3) is 4.56. The van der Waals surface area contributed by atoms with Crippen molar-refractivity contribution < 1.29 is 0 Å². The quantitative estimate of drug-likeness (QED) is 0.787. The molecule has 1 saturated heterocycles. The predicted octanol–water partition coefficient (Wildman–Crippen LogP) is 1.77. The fraction of sp³-hybridized carbons (Fsp3) is 0.438. The molecule has 0 bridgehead atoms.